The summed E-state index contributed by atoms with van der Waals surface area (Å²) in [5.41, 5.74) is 1.57. The highest BCUT2D eigenvalue weighted by molar-refractivity contribution is 5.82. The van der Waals surface area contributed by atoms with Crippen molar-refractivity contribution < 1.29 is 19.1 Å². The smallest absolute Gasteiger partial charge is 0.408 e. The van der Waals surface area contributed by atoms with Gasteiger partial charge in [-0.25, -0.2) is 4.79 Å². The molecule has 6 nitrogen and oxygen atoms in total. The summed E-state index contributed by atoms with van der Waals surface area (Å²) in [4.78, 5) is 23.9. The largest absolute Gasteiger partial charge is 0.444 e. The monoisotopic (exact) mass is 603 g/mol. The van der Waals surface area contributed by atoms with Crippen molar-refractivity contribution in [1.82, 2.24) is 10.6 Å². The molecule has 3 aliphatic rings. The van der Waals surface area contributed by atoms with Crippen LogP contribution in [0.25, 0.3) is 0 Å². The summed E-state index contributed by atoms with van der Waals surface area (Å²) < 4.78 is 11.5. The fourth-order valence-electron chi connectivity index (χ4n) is 8.80. The Kier molecular flexibility index (Phi) is 13.9. The first-order valence-corrected chi connectivity index (χ1v) is 17.8. The van der Waals surface area contributed by atoms with E-state index in [0.29, 0.717) is 18.6 Å². The Hall–Kier alpha value is -1.56. The molecule has 0 aromatic carbocycles. The number of unbranched alkanes of at least 4 members (excludes halogenated alkanes) is 1. The van der Waals surface area contributed by atoms with Gasteiger partial charge in [-0.1, -0.05) is 78.4 Å². The molecule has 0 heterocycles. The average molecular weight is 603 g/mol. The Labute approximate surface area is 264 Å². The van der Waals surface area contributed by atoms with Crippen LogP contribution in [0, 0.1) is 40.9 Å². The van der Waals surface area contributed by atoms with Crippen molar-refractivity contribution in [2.45, 2.75) is 151 Å². The normalized spacial score (nSPS) is 28.4. The van der Waals surface area contributed by atoms with Gasteiger partial charge < -0.3 is 20.1 Å². The molecule has 0 saturated heterocycles. The molecular weight excluding hydrogens is 536 g/mol. The molecule has 43 heavy (non-hydrogen) atoms. The second-order valence-electron chi connectivity index (χ2n) is 15.9. The molecular formula is C37H66N2O4. The Morgan fingerprint density at radius 2 is 1.81 bits per heavy atom. The second kappa shape index (κ2) is 16.7. The van der Waals surface area contributed by atoms with Crippen LogP contribution >= 0.6 is 0 Å². The zero-order valence-corrected chi connectivity index (χ0v) is 29.1. The predicted molar refractivity (Wildman–Crippen MR) is 177 cm³/mol. The van der Waals surface area contributed by atoms with Crippen LogP contribution in [-0.2, 0) is 14.3 Å². The van der Waals surface area contributed by atoms with E-state index in [4.69, 9.17) is 9.47 Å². The van der Waals surface area contributed by atoms with Crippen molar-refractivity contribution in [3.63, 3.8) is 0 Å². The molecule has 2 amide bonds. The minimum Gasteiger partial charge on any atom is -0.444 e. The van der Waals surface area contributed by atoms with Crippen LogP contribution < -0.4 is 10.6 Å². The molecule has 7 atom stereocenters. The summed E-state index contributed by atoms with van der Waals surface area (Å²) in [6, 6.07) is 0. The number of fused-ring (bicyclic) bond motifs is 3. The summed E-state index contributed by atoms with van der Waals surface area (Å²) >= 11 is 0. The SMILES string of the molecule is CCCC[C@@H](CC1=CC[C@@H]2[C@H](CC[C@]3(C)[C@@H]([C@H](C)CCCC(C)C)CC[C@@H]23)C1)OCCNC(=O)CNC(=O)OC(C)(C)C. The van der Waals surface area contributed by atoms with Crippen molar-refractivity contribution in [2.75, 3.05) is 19.7 Å². The first-order valence-electron chi connectivity index (χ1n) is 17.8. The van der Waals surface area contributed by atoms with Crippen LogP contribution in [0.5, 0.6) is 0 Å². The average Bonchev–Trinajstić information content (AvgIpc) is 3.29. The van der Waals surface area contributed by atoms with Crippen molar-refractivity contribution in [3.8, 4) is 0 Å². The van der Waals surface area contributed by atoms with E-state index in [1.54, 1.807) is 26.3 Å². The van der Waals surface area contributed by atoms with Gasteiger partial charge in [-0.15, -0.1) is 0 Å². The van der Waals surface area contributed by atoms with E-state index in [9.17, 15) is 9.59 Å². The van der Waals surface area contributed by atoms with Crippen molar-refractivity contribution >= 4 is 12.0 Å². The number of ether oxygens (including phenoxy) is 2. The van der Waals surface area contributed by atoms with Gasteiger partial charge in [0.1, 0.15) is 5.60 Å². The minimum atomic E-state index is -0.584. The van der Waals surface area contributed by atoms with Gasteiger partial charge >= 0.3 is 6.09 Å². The van der Waals surface area contributed by atoms with Gasteiger partial charge in [0.05, 0.1) is 19.3 Å². The highest BCUT2D eigenvalue weighted by Crippen LogP contribution is 2.63. The van der Waals surface area contributed by atoms with Gasteiger partial charge in [-0.05, 0) is 113 Å². The first kappa shape index (κ1) is 35.9. The summed E-state index contributed by atoms with van der Waals surface area (Å²) in [6.07, 6.45) is 19.0. The quantitative estimate of drug-likeness (QED) is 0.137. The van der Waals surface area contributed by atoms with E-state index in [2.05, 4.69) is 51.3 Å². The number of carbonyl (C=O) groups is 2. The van der Waals surface area contributed by atoms with Crippen molar-refractivity contribution in [2.24, 2.45) is 40.9 Å². The number of hydrogen-bond acceptors (Lipinski definition) is 4. The topological polar surface area (TPSA) is 76.7 Å². The lowest BCUT2D eigenvalue weighted by Crippen LogP contribution is -2.43. The van der Waals surface area contributed by atoms with Crippen LogP contribution in [-0.4, -0.2) is 43.4 Å². The molecule has 6 heteroatoms. The van der Waals surface area contributed by atoms with Gasteiger partial charge in [0.15, 0.2) is 0 Å². The Morgan fingerprint density at radius 1 is 1.05 bits per heavy atom. The van der Waals surface area contributed by atoms with E-state index in [-0.39, 0.29) is 18.6 Å². The fraction of sp³-hybridized carbons (Fsp3) is 0.892. The van der Waals surface area contributed by atoms with Crippen molar-refractivity contribution in [1.29, 1.82) is 0 Å². The second-order valence-corrected chi connectivity index (χ2v) is 15.9. The molecule has 2 fully saturated rings. The molecule has 248 valence electrons. The van der Waals surface area contributed by atoms with Gasteiger partial charge in [0.2, 0.25) is 5.91 Å². The summed E-state index contributed by atoms with van der Waals surface area (Å²) in [5, 5.41) is 5.36. The maximum atomic E-state index is 12.2. The van der Waals surface area contributed by atoms with E-state index in [0.717, 1.165) is 61.2 Å². The van der Waals surface area contributed by atoms with Crippen LogP contribution in [0.1, 0.15) is 139 Å². The maximum absolute atomic E-state index is 12.2. The zero-order valence-electron chi connectivity index (χ0n) is 29.1. The Morgan fingerprint density at radius 3 is 2.51 bits per heavy atom. The number of hydrogen-bond donors (Lipinski definition) is 2. The lowest BCUT2D eigenvalue weighted by Gasteiger charge is -2.51. The zero-order chi connectivity index (χ0) is 31.6. The number of alkyl carbamates (subject to hydrolysis) is 1. The number of nitrogens with one attached hydrogen (secondary N) is 2. The van der Waals surface area contributed by atoms with E-state index >= 15 is 0 Å². The molecule has 3 aliphatic carbocycles. The molecule has 0 unspecified atom stereocenters. The summed E-state index contributed by atoms with van der Waals surface area (Å²) in [6.45, 7) is 18.4. The van der Waals surface area contributed by atoms with E-state index in [1.807, 2.05) is 0 Å². The third-order valence-corrected chi connectivity index (χ3v) is 10.9. The molecule has 0 aromatic rings. The van der Waals surface area contributed by atoms with Crippen molar-refractivity contribution in [3.05, 3.63) is 11.6 Å². The Balaban J connectivity index is 1.46. The number of amides is 2. The fourth-order valence-corrected chi connectivity index (χ4v) is 8.80. The van der Waals surface area contributed by atoms with Crippen LogP contribution in [0.15, 0.2) is 11.6 Å². The molecule has 0 spiro atoms. The van der Waals surface area contributed by atoms with Crippen LogP contribution in [0.3, 0.4) is 0 Å². The highest BCUT2D eigenvalue weighted by atomic mass is 16.6. The third kappa shape index (κ3) is 11.1. The lowest BCUT2D eigenvalue weighted by atomic mass is 9.54. The lowest BCUT2D eigenvalue weighted by molar-refractivity contribution is -0.120. The summed E-state index contributed by atoms with van der Waals surface area (Å²) in [5.74, 6) is 4.99. The number of rotatable bonds is 16. The van der Waals surface area contributed by atoms with Gasteiger partial charge in [0.25, 0.3) is 0 Å². The van der Waals surface area contributed by atoms with E-state index < -0.39 is 11.7 Å². The maximum Gasteiger partial charge on any atom is 0.408 e. The first-order chi connectivity index (χ1) is 20.3. The predicted octanol–water partition coefficient (Wildman–Crippen LogP) is 8.83. The molecule has 0 bridgehead atoms. The van der Waals surface area contributed by atoms with Crippen LogP contribution in [0.4, 0.5) is 4.79 Å². The van der Waals surface area contributed by atoms with Gasteiger partial charge in [0, 0.05) is 6.54 Å². The number of carbonyl (C=O) groups excluding carboxylic acids is 2. The summed E-state index contributed by atoms with van der Waals surface area (Å²) in [7, 11) is 0. The molecule has 0 radical (unpaired) electrons. The molecule has 0 aromatic heterocycles. The molecule has 0 aliphatic heterocycles. The highest BCUT2D eigenvalue weighted by Gasteiger charge is 2.54. The molecule has 2 N–H and O–H groups in total. The standard InChI is InChI=1S/C37H66N2O4/c1-9-10-14-30(42-22-21-38-34(40)25-39-35(41)43-36(5,6)7)24-28-15-16-31-29(23-28)19-20-37(8)32(17-18-33(31)37)27(4)13-11-12-26(2)3/h15,26-27,29-33H,9-14,16-25H2,1-8H3,(H,38,40)(H,39,41)/t27-,29-,30+,31-,32-,33+,37-/m1/s1. The van der Waals surface area contributed by atoms with Gasteiger partial charge in [-0.2, -0.15) is 0 Å². The van der Waals surface area contributed by atoms with E-state index in [1.165, 1.54) is 57.8 Å². The van der Waals surface area contributed by atoms with Crippen LogP contribution in [0.2, 0.25) is 0 Å². The minimum absolute atomic E-state index is 0.0958. The number of allylic oxidation sites excluding steroid dienone is 1. The Bertz CT molecular complexity index is 909. The van der Waals surface area contributed by atoms with Gasteiger partial charge in [-0.3, -0.25) is 4.79 Å². The third-order valence-electron chi connectivity index (χ3n) is 10.9. The molecule has 3 rings (SSSR count). The molecule has 2 saturated carbocycles.